The first-order valence-electron chi connectivity index (χ1n) is 6.62. The Morgan fingerprint density at radius 2 is 2.28 bits per heavy atom. The predicted octanol–water partition coefficient (Wildman–Crippen LogP) is 2.24. The van der Waals surface area contributed by atoms with Crippen molar-refractivity contribution in [3.05, 3.63) is 23.3 Å². The van der Waals surface area contributed by atoms with E-state index in [0.29, 0.717) is 6.42 Å². The fourth-order valence-electron chi connectivity index (χ4n) is 2.34. The molecule has 0 heterocycles. The molecule has 0 radical (unpaired) electrons. The number of carbonyl (C=O) groups is 1. The molecule has 18 heavy (non-hydrogen) atoms. The van der Waals surface area contributed by atoms with Crippen LogP contribution in [0, 0.1) is 11.8 Å². The first kappa shape index (κ1) is 15.1. The molecule has 3 atom stereocenters. The number of aliphatic hydroxyl groups excluding tert-OH is 2. The average Bonchev–Trinajstić information content (AvgIpc) is 2.33. The molecule has 0 unspecified atom stereocenters. The Morgan fingerprint density at radius 3 is 2.89 bits per heavy atom. The van der Waals surface area contributed by atoms with Gasteiger partial charge in [0.25, 0.3) is 0 Å². The van der Waals surface area contributed by atoms with Crippen LogP contribution in [0.1, 0.15) is 40.0 Å². The SMILES string of the molecule is CC1=CC(=O)[C@@H]([C@H](C)CC/C=C(\C)CO)C[C@@H]1O. The van der Waals surface area contributed by atoms with E-state index in [1.807, 2.05) is 13.0 Å². The van der Waals surface area contributed by atoms with Crippen LogP contribution < -0.4 is 0 Å². The van der Waals surface area contributed by atoms with Crippen molar-refractivity contribution in [2.45, 2.75) is 46.1 Å². The number of rotatable bonds is 5. The maximum atomic E-state index is 11.9. The lowest BCUT2D eigenvalue weighted by Gasteiger charge is -2.28. The largest absolute Gasteiger partial charge is 0.392 e. The average molecular weight is 252 g/mol. The molecule has 0 aliphatic heterocycles. The van der Waals surface area contributed by atoms with Gasteiger partial charge in [-0.3, -0.25) is 4.79 Å². The number of hydrogen-bond acceptors (Lipinski definition) is 3. The van der Waals surface area contributed by atoms with Gasteiger partial charge < -0.3 is 10.2 Å². The van der Waals surface area contributed by atoms with Crippen LogP contribution in [0.25, 0.3) is 0 Å². The normalized spacial score (nSPS) is 27.1. The van der Waals surface area contributed by atoms with Gasteiger partial charge >= 0.3 is 0 Å². The van der Waals surface area contributed by atoms with E-state index in [2.05, 4.69) is 6.92 Å². The van der Waals surface area contributed by atoms with Crippen molar-refractivity contribution >= 4 is 5.78 Å². The molecule has 0 bridgehead atoms. The summed E-state index contributed by atoms with van der Waals surface area (Å²) in [6, 6.07) is 0. The molecule has 3 nitrogen and oxygen atoms in total. The lowest BCUT2D eigenvalue weighted by Crippen LogP contribution is -2.30. The van der Waals surface area contributed by atoms with Gasteiger partial charge in [0.2, 0.25) is 0 Å². The van der Waals surface area contributed by atoms with Gasteiger partial charge in [0.05, 0.1) is 12.7 Å². The minimum Gasteiger partial charge on any atom is -0.392 e. The van der Waals surface area contributed by atoms with Gasteiger partial charge in [-0.05, 0) is 50.7 Å². The minimum atomic E-state index is -0.468. The smallest absolute Gasteiger partial charge is 0.159 e. The Labute approximate surface area is 109 Å². The van der Waals surface area contributed by atoms with Gasteiger partial charge in [-0.1, -0.05) is 18.6 Å². The first-order valence-corrected chi connectivity index (χ1v) is 6.62. The van der Waals surface area contributed by atoms with Crippen LogP contribution in [0.15, 0.2) is 23.3 Å². The third-order valence-electron chi connectivity index (χ3n) is 3.79. The Kier molecular flexibility index (Phi) is 5.76. The van der Waals surface area contributed by atoms with Crippen LogP contribution >= 0.6 is 0 Å². The predicted molar refractivity (Wildman–Crippen MR) is 72.1 cm³/mol. The van der Waals surface area contributed by atoms with Crippen LogP contribution in [0.5, 0.6) is 0 Å². The molecule has 0 saturated carbocycles. The molecule has 0 aromatic rings. The molecular formula is C15H24O3. The van der Waals surface area contributed by atoms with E-state index in [1.54, 1.807) is 13.0 Å². The van der Waals surface area contributed by atoms with Crippen molar-refractivity contribution in [2.24, 2.45) is 11.8 Å². The molecule has 0 amide bonds. The van der Waals surface area contributed by atoms with Gasteiger partial charge in [-0.2, -0.15) is 0 Å². The van der Waals surface area contributed by atoms with Crippen molar-refractivity contribution in [1.29, 1.82) is 0 Å². The topological polar surface area (TPSA) is 57.5 Å². The van der Waals surface area contributed by atoms with E-state index in [9.17, 15) is 9.90 Å². The van der Waals surface area contributed by atoms with E-state index >= 15 is 0 Å². The summed E-state index contributed by atoms with van der Waals surface area (Å²) in [7, 11) is 0. The fraction of sp³-hybridized carbons (Fsp3) is 0.667. The zero-order valence-corrected chi connectivity index (χ0v) is 11.5. The zero-order valence-electron chi connectivity index (χ0n) is 11.5. The summed E-state index contributed by atoms with van der Waals surface area (Å²) in [5, 5.41) is 18.7. The van der Waals surface area contributed by atoms with E-state index in [0.717, 1.165) is 24.0 Å². The second-order valence-electron chi connectivity index (χ2n) is 5.41. The summed E-state index contributed by atoms with van der Waals surface area (Å²) in [6.07, 6.45) is 5.46. The highest BCUT2D eigenvalue weighted by Gasteiger charge is 2.30. The Hall–Kier alpha value is -0.930. The number of hydrogen-bond donors (Lipinski definition) is 2. The Morgan fingerprint density at radius 1 is 1.61 bits per heavy atom. The van der Waals surface area contributed by atoms with Crippen molar-refractivity contribution < 1.29 is 15.0 Å². The summed E-state index contributed by atoms with van der Waals surface area (Å²) < 4.78 is 0. The van der Waals surface area contributed by atoms with E-state index < -0.39 is 6.10 Å². The molecule has 0 aromatic carbocycles. The van der Waals surface area contributed by atoms with Crippen LogP contribution in [0.4, 0.5) is 0 Å². The summed E-state index contributed by atoms with van der Waals surface area (Å²) in [5.41, 5.74) is 1.74. The lowest BCUT2D eigenvalue weighted by molar-refractivity contribution is -0.121. The number of aliphatic hydroxyl groups is 2. The van der Waals surface area contributed by atoms with Crippen LogP contribution in [0.2, 0.25) is 0 Å². The molecule has 0 spiro atoms. The quantitative estimate of drug-likeness (QED) is 0.738. The molecule has 1 aliphatic rings. The highest BCUT2D eigenvalue weighted by Crippen LogP contribution is 2.29. The summed E-state index contributed by atoms with van der Waals surface area (Å²) in [4.78, 5) is 11.9. The maximum Gasteiger partial charge on any atom is 0.159 e. The van der Waals surface area contributed by atoms with Crippen molar-refractivity contribution in [3.8, 4) is 0 Å². The van der Waals surface area contributed by atoms with E-state index in [-0.39, 0.29) is 24.2 Å². The second-order valence-corrected chi connectivity index (χ2v) is 5.41. The number of allylic oxidation sites excluding steroid dienone is 2. The van der Waals surface area contributed by atoms with Crippen LogP contribution in [0.3, 0.4) is 0 Å². The molecule has 3 heteroatoms. The van der Waals surface area contributed by atoms with Crippen LogP contribution in [-0.2, 0) is 4.79 Å². The molecule has 0 aromatic heterocycles. The highest BCUT2D eigenvalue weighted by molar-refractivity contribution is 5.93. The van der Waals surface area contributed by atoms with Gasteiger partial charge in [0.1, 0.15) is 0 Å². The van der Waals surface area contributed by atoms with Gasteiger partial charge in [0, 0.05) is 5.92 Å². The zero-order chi connectivity index (χ0) is 13.7. The van der Waals surface area contributed by atoms with Gasteiger partial charge in [-0.15, -0.1) is 0 Å². The summed E-state index contributed by atoms with van der Waals surface area (Å²) in [5.74, 6) is 0.346. The summed E-state index contributed by atoms with van der Waals surface area (Å²) in [6.45, 7) is 5.85. The lowest BCUT2D eigenvalue weighted by atomic mass is 9.78. The minimum absolute atomic E-state index is 0.0634. The van der Waals surface area contributed by atoms with Gasteiger partial charge in [0.15, 0.2) is 5.78 Å². The summed E-state index contributed by atoms with van der Waals surface area (Å²) >= 11 is 0. The number of carbonyl (C=O) groups excluding carboxylic acids is 1. The van der Waals surface area contributed by atoms with E-state index in [1.165, 1.54) is 0 Å². The Bertz CT molecular complexity index is 355. The first-order chi connectivity index (χ1) is 8.45. The van der Waals surface area contributed by atoms with Crippen LogP contribution in [-0.4, -0.2) is 28.7 Å². The number of ketones is 1. The molecule has 2 N–H and O–H groups in total. The van der Waals surface area contributed by atoms with Crippen molar-refractivity contribution in [1.82, 2.24) is 0 Å². The molecule has 0 fully saturated rings. The molecular weight excluding hydrogens is 228 g/mol. The van der Waals surface area contributed by atoms with Gasteiger partial charge in [-0.25, -0.2) is 0 Å². The van der Waals surface area contributed by atoms with E-state index in [4.69, 9.17) is 5.11 Å². The van der Waals surface area contributed by atoms with Crippen molar-refractivity contribution in [3.63, 3.8) is 0 Å². The molecule has 1 aliphatic carbocycles. The highest BCUT2D eigenvalue weighted by atomic mass is 16.3. The molecule has 102 valence electrons. The third kappa shape index (κ3) is 4.07. The third-order valence-corrected chi connectivity index (χ3v) is 3.79. The maximum absolute atomic E-state index is 11.9. The second kappa shape index (κ2) is 6.86. The standard InChI is InChI=1S/C15H24O3/c1-10(9-16)5-4-6-11(2)13-8-14(17)12(3)7-15(13)18/h5,7,11,13-14,16-17H,4,6,8-9H2,1-3H3/b10-5+/t11-,13-,14+/m1/s1. The fourth-order valence-corrected chi connectivity index (χ4v) is 2.34. The Balaban J connectivity index is 2.52. The van der Waals surface area contributed by atoms with Crippen molar-refractivity contribution in [2.75, 3.05) is 6.61 Å². The molecule has 0 saturated heterocycles. The molecule has 1 rings (SSSR count). The monoisotopic (exact) mass is 252 g/mol.